The SMILES string of the molecule is C=C(C)C1CCC2(C(=O)NCCCCC(NC(=O)OC(C)(C)C)C(=O)O)CC[C@]3(C)[C@H](CC[C@@H]4[C@@]5(C)CCC(=O)C(C)(C)[C@@H]5CC[C@]43C)C12.C=C(C)C1CCC2(C(=O)NCCCCC(NC(=O)OC(C)(C)C)C(=O)OC)CC[C@]3(C)[C@H](CC[C@@H]4[C@@]5(C)CCC(=O)C(C)(C)[C@@H]5CC[C@]43C)C12. The Morgan fingerprint density at radius 2 is 0.859 bits per heavy atom. The summed E-state index contributed by atoms with van der Waals surface area (Å²) in [6, 6.07) is -1.84. The van der Waals surface area contributed by atoms with E-state index in [4.69, 9.17) is 14.2 Å². The molecule has 10 aliphatic rings. The number of esters is 1. The molecule has 10 saturated carbocycles. The highest BCUT2D eigenvalue weighted by Crippen LogP contribution is 2.80. The maximum atomic E-state index is 14.5. The lowest BCUT2D eigenvalue weighted by Gasteiger charge is -2.72. The number of hydrogen-bond acceptors (Lipinski definition) is 11. The zero-order chi connectivity index (χ0) is 73.5. The Hall–Kier alpha value is -4.76. The van der Waals surface area contributed by atoms with Gasteiger partial charge in [0.15, 0.2) is 0 Å². The second-order valence-corrected chi connectivity index (χ2v) is 38.7. The Balaban J connectivity index is 0.000000231. The summed E-state index contributed by atoms with van der Waals surface area (Å²) in [5, 5.41) is 21.5. The number of amides is 4. The van der Waals surface area contributed by atoms with Crippen LogP contribution in [0.1, 0.15) is 292 Å². The van der Waals surface area contributed by atoms with Gasteiger partial charge in [0, 0.05) is 36.8 Å². The van der Waals surface area contributed by atoms with Crippen molar-refractivity contribution in [2.24, 2.45) is 113 Å². The summed E-state index contributed by atoms with van der Waals surface area (Å²) in [6.45, 7) is 49.1. The number of allylic oxidation sites excluding steroid dienone is 2. The average molecular weight is 1380 g/mol. The highest BCUT2D eigenvalue weighted by Gasteiger charge is 2.74. The molecule has 0 aromatic heterocycles. The molecule has 0 spiro atoms. The quantitative estimate of drug-likeness (QED) is 0.0373. The summed E-state index contributed by atoms with van der Waals surface area (Å²) >= 11 is 0. The van der Waals surface area contributed by atoms with E-state index in [-0.39, 0.29) is 78.8 Å². The molecule has 0 heterocycles. The molecule has 10 rings (SSSR count). The molecule has 0 bridgehead atoms. The third-order valence-electron chi connectivity index (χ3n) is 31.1. The van der Waals surface area contributed by atoms with E-state index in [9.17, 15) is 43.5 Å². The van der Waals surface area contributed by atoms with E-state index in [1.54, 1.807) is 41.5 Å². The molecule has 0 saturated heterocycles. The van der Waals surface area contributed by atoms with Gasteiger partial charge in [-0.05, 0) is 301 Å². The number of Topliss-reactive ketones (excluding diaryl/α,β-unsaturated/α-hetero) is 2. The largest absolute Gasteiger partial charge is 0.480 e. The predicted molar refractivity (Wildman–Crippen MR) is 388 cm³/mol. The van der Waals surface area contributed by atoms with Crippen LogP contribution in [0.4, 0.5) is 9.59 Å². The van der Waals surface area contributed by atoms with Crippen LogP contribution in [0.2, 0.25) is 0 Å². The summed E-state index contributed by atoms with van der Waals surface area (Å²) in [4.78, 5) is 104. The summed E-state index contributed by atoms with van der Waals surface area (Å²) in [5.41, 5.74) is 0.661. The van der Waals surface area contributed by atoms with Gasteiger partial charge in [0.2, 0.25) is 11.8 Å². The fourth-order valence-corrected chi connectivity index (χ4v) is 25.9. The molecule has 0 aliphatic heterocycles. The maximum Gasteiger partial charge on any atom is 0.408 e. The summed E-state index contributed by atoms with van der Waals surface area (Å²) < 4.78 is 15.5. The lowest BCUT2D eigenvalue weighted by atomic mass is 9.32. The smallest absolute Gasteiger partial charge is 0.408 e. The van der Waals surface area contributed by atoms with E-state index >= 15 is 0 Å². The average Bonchev–Trinajstić information content (AvgIpc) is 1.54. The number of carboxylic acids is 1. The molecular weight excluding hydrogens is 1240 g/mol. The minimum absolute atomic E-state index is 0.120. The molecule has 20 atom stereocenters. The van der Waals surface area contributed by atoms with Crippen molar-refractivity contribution in [1.82, 2.24) is 21.3 Å². The molecule has 99 heavy (non-hydrogen) atoms. The minimum atomic E-state index is -1.09. The number of carbonyl (C=O) groups is 8. The van der Waals surface area contributed by atoms with Crippen LogP contribution in [-0.2, 0) is 43.0 Å². The first-order chi connectivity index (χ1) is 45.8. The van der Waals surface area contributed by atoms with Gasteiger partial charge in [0.05, 0.1) is 17.9 Å². The van der Waals surface area contributed by atoms with Gasteiger partial charge in [-0.2, -0.15) is 0 Å². The van der Waals surface area contributed by atoms with Crippen LogP contribution in [0.3, 0.4) is 0 Å². The van der Waals surface area contributed by atoms with Gasteiger partial charge in [0.25, 0.3) is 0 Å². The number of carboxylic acid groups (broad SMARTS) is 1. The van der Waals surface area contributed by atoms with Crippen LogP contribution in [0.5, 0.6) is 0 Å². The fourth-order valence-electron chi connectivity index (χ4n) is 25.9. The Kier molecular flexibility index (Phi) is 22.2. The number of rotatable bonds is 18. The monoisotopic (exact) mass is 1380 g/mol. The molecule has 558 valence electrons. The number of ketones is 2. The van der Waals surface area contributed by atoms with Crippen LogP contribution in [0.25, 0.3) is 0 Å². The zero-order valence-electron chi connectivity index (χ0n) is 65.1. The van der Waals surface area contributed by atoms with Gasteiger partial charge >= 0.3 is 24.1 Å². The van der Waals surface area contributed by atoms with Crippen LogP contribution in [-0.4, -0.2) is 96.1 Å². The Bertz CT molecular complexity index is 3120. The third kappa shape index (κ3) is 13.8. The number of aliphatic carboxylic acids is 1. The van der Waals surface area contributed by atoms with Gasteiger partial charge < -0.3 is 40.6 Å². The number of methoxy groups -OCH3 is 1. The van der Waals surface area contributed by atoms with Gasteiger partial charge in [0.1, 0.15) is 34.9 Å². The minimum Gasteiger partial charge on any atom is -0.480 e. The van der Waals surface area contributed by atoms with E-state index in [2.05, 4.69) is 118 Å². The molecule has 10 aliphatic carbocycles. The lowest BCUT2D eigenvalue weighted by Crippen LogP contribution is -2.67. The first kappa shape index (κ1) is 78.4. The molecule has 0 radical (unpaired) electrons. The fraction of sp³-hybridized carbons (Fsp3) is 0.855. The van der Waals surface area contributed by atoms with Gasteiger partial charge in [-0.25, -0.2) is 19.2 Å². The van der Waals surface area contributed by atoms with Crippen molar-refractivity contribution in [3.05, 3.63) is 24.3 Å². The topological polar surface area (TPSA) is 233 Å². The van der Waals surface area contributed by atoms with Crippen molar-refractivity contribution in [3.8, 4) is 0 Å². The van der Waals surface area contributed by atoms with E-state index < -0.39 is 52.8 Å². The number of fused-ring (bicyclic) bond motifs is 14. The lowest BCUT2D eigenvalue weighted by molar-refractivity contribution is -0.233. The molecule has 16 heteroatoms. The van der Waals surface area contributed by atoms with Crippen molar-refractivity contribution in [1.29, 1.82) is 0 Å². The van der Waals surface area contributed by atoms with Gasteiger partial charge in [-0.1, -0.05) is 93.5 Å². The third-order valence-corrected chi connectivity index (χ3v) is 31.1. The van der Waals surface area contributed by atoms with E-state index in [0.29, 0.717) is 117 Å². The van der Waals surface area contributed by atoms with E-state index in [0.717, 1.165) is 96.3 Å². The second-order valence-electron chi connectivity index (χ2n) is 38.7. The highest BCUT2D eigenvalue weighted by atomic mass is 16.6. The molecular formula is C83H134N4O12. The first-order valence-electron chi connectivity index (χ1n) is 39.1. The van der Waals surface area contributed by atoms with E-state index in [1.807, 2.05) is 0 Å². The number of carbonyl (C=O) groups excluding carboxylic acids is 7. The van der Waals surface area contributed by atoms with Gasteiger partial charge in [-0.3, -0.25) is 19.2 Å². The maximum absolute atomic E-state index is 14.5. The van der Waals surface area contributed by atoms with Crippen molar-refractivity contribution in [2.45, 2.75) is 315 Å². The van der Waals surface area contributed by atoms with E-state index in [1.165, 1.54) is 37.5 Å². The molecule has 4 amide bonds. The summed E-state index contributed by atoms with van der Waals surface area (Å²) in [7, 11) is 1.31. The van der Waals surface area contributed by atoms with Crippen LogP contribution in [0, 0.1) is 113 Å². The van der Waals surface area contributed by atoms with Crippen molar-refractivity contribution in [2.75, 3.05) is 20.2 Å². The van der Waals surface area contributed by atoms with Crippen molar-refractivity contribution >= 4 is 47.5 Å². The van der Waals surface area contributed by atoms with Crippen molar-refractivity contribution in [3.63, 3.8) is 0 Å². The van der Waals surface area contributed by atoms with Crippen LogP contribution >= 0.6 is 0 Å². The van der Waals surface area contributed by atoms with Crippen LogP contribution < -0.4 is 21.3 Å². The van der Waals surface area contributed by atoms with Gasteiger partial charge in [-0.15, -0.1) is 0 Å². The molecule has 0 aromatic carbocycles. The number of ether oxygens (including phenoxy) is 3. The molecule has 10 fully saturated rings. The zero-order valence-corrected chi connectivity index (χ0v) is 65.1. The summed E-state index contributed by atoms with van der Waals surface area (Å²) in [6.07, 6.45) is 22.2. The Morgan fingerprint density at radius 3 is 1.21 bits per heavy atom. The standard InChI is InChI=1S/C42H68N2O6.C41H66N2O6/c1-26(2)27-17-22-42(35(47)43-25-13-12-14-29(34(46)49-11)44-36(48)50-37(3,4)5)24-23-40(9)28(33(27)42)15-16-31-39(8)20-19-32(45)38(6,7)30(39)18-21-41(31,40)10;1-25(2)26-16-21-41(34(47)42-24-12-11-13-28(33(45)46)43-35(48)49-36(3,4)5)23-22-39(9)27(32(26)41)14-15-30-38(8)19-18-31(44)37(6,7)29(38)17-20-40(30,39)10/h27-31,33H,1,12-25H2,2-11H3,(H,43,47)(H,44,48);26-30,32H,1,11-24H2,2-10H3,(H,42,47)(H,43,48)(H,45,46)/t27?,28-,29?,30+,31-,33?,39+,40-,41-,42?;26?,27-,28?,29+,30-,32?,38+,39-,40-,41?/m11/s1. The Morgan fingerprint density at radius 1 is 0.485 bits per heavy atom. The highest BCUT2D eigenvalue weighted by molar-refractivity contribution is 5.87. The van der Waals surface area contributed by atoms with Crippen LogP contribution in [0.15, 0.2) is 24.3 Å². The normalized spacial score (nSPS) is 39.8. The predicted octanol–water partition coefficient (Wildman–Crippen LogP) is 17.0. The number of unbranched alkanes of at least 4 members (excludes halogenated alkanes) is 2. The molecule has 8 unspecified atom stereocenters. The Labute approximate surface area is 596 Å². The molecule has 16 nitrogen and oxygen atoms in total. The molecule has 5 N–H and O–H groups in total. The first-order valence-corrected chi connectivity index (χ1v) is 39.1. The number of nitrogens with one attached hydrogen (secondary N) is 4. The molecule has 0 aromatic rings. The number of hydrogen-bond donors (Lipinski definition) is 5. The second kappa shape index (κ2) is 28.0. The summed E-state index contributed by atoms with van der Waals surface area (Å²) in [5.74, 6) is 3.86. The van der Waals surface area contributed by atoms with Crippen molar-refractivity contribution < 1.29 is 57.7 Å². The number of alkyl carbamates (subject to hydrolysis) is 2.